The van der Waals surface area contributed by atoms with Gasteiger partial charge in [0.25, 0.3) is 0 Å². The van der Waals surface area contributed by atoms with Crippen LogP contribution in [0, 0.1) is 6.92 Å². The molecule has 1 aromatic carbocycles. The van der Waals surface area contributed by atoms with Crippen LogP contribution in [-0.4, -0.2) is 25.3 Å². The molecule has 0 unspecified atom stereocenters. The second-order valence-corrected chi connectivity index (χ2v) is 3.68. The van der Waals surface area contributed by atoms with Crippen LogP contribution in [0.3, 0.4) is 0 Å². The Labute approximate surface area is 98.7 Å². The van der Waals surface area contributed by atoms with Crippen molar-refractivity contribution < 1.29 is 19.4 Å². The molecule has 0 saturated heterocycles. The highest BCUT2D eigenvalue weighted by atomic mass is 35.5. The largest absolute Gasteiger partial charge is 0.493 e. The summed E-state index contributed by atoms with van der Waals surface area (Å²) in [7, 11) is 2.95. The molecule has 16 heavy (non-hydrogen) atoms. The summed E-state index contributed by atoms with van der Waals surface area (Å²) in [5.74, 6) is -0.0770. The van der Waals surface area contributed by atoms with Gasteiger partial charge in [-0.25, -0.2) is 0 Å². The Morgan fingerprint density at radius 2 is 2.06 bits per heavy atom. The zero-order chi connectivity index (χ0) is 12.3. The van der Waals surface area contributed by atoms with E-state index in [2.05, 4.69) is 0 Å². The average Bonchev–Trinajstić information content (AvgIpc) is 2.23. The summed E-state index contributed by atoms with van der Waals surface area (Å²) in [5, 5.41) is 9.29. The lowest BCUT2D eigenvalue weighted by Crippen LogP contribution is -2.06. The van der Waals surface area contributed by atoms with E-state index in [1.54, 1.807) is 13.0 Å². The molecule has 0 aliphatic carbocycles. The van der Waals surface area contributed by atoms with Gasteiger partial charge in [-0.1, -0.05) is 11.6 Å². The summed E-state index contributed by atoms with van der Waals surface area (Å²) in [5.41, 5.74) is 1.24. The molecule has 0 aromatic heterocycles. The molecule has 0 atom stereocenters. The number of hydrogen-bond donors (Lipinski definition) is 1. The predicted molar refractivity (Wildman–Crippen MR) is 60.6 cm³/mol. The second-order valence-electron chi connectivity index (χ2n) is 3.27. The van der Waals surface area contributed by atoms with Gasteiger partial charge < -0.3 is 14.6 Å². The lowest BCUT2D eigenvalue weighted by atomic mass is 10.0. The molecular formula is C11H13ClO4. The number of carbonyl (C=O) groups is 1. The number of halogens is 1. The summed E-state index contributed by atoms with van der Waals surface area (Å²) < 4.78 is 10.2. The van der Waals surface area contributed by atoms with Crippen LogP contribution in [0.2, 0.25) is 5.02 Å². The van der Waals surface area contributed by atoms with Crippen molar-refractivity contribution in [3.63, 3.8) is 0 Å². The standard InChI is InChI=1S/C11H13ClO4/c1-6-7(4-10(13)14)11(16-3)9(15-2)5-8(6)12/h5H,4H2,1-3H3,(H,13,14). The monoisotopic (exact) mass is 244 g/mol. The molecule has 0 aliphatic heterocycles. The van der Waals surface area contributed by atoms with Crippen molar-refractivity contribution in [3.05, 3.63) is 22.2 Å². The molecule has 0 heterocycles. The fourth-order valence-corrected chi connectivity index (χ4v) is 1.70. The van der Waals surface area contributed by atoms with E-state index in [1.807, 2.05) is 0 Å². The van der Waals surface area contributed by atoms with E-state index in [-0.39, 0.29) is 6.42 Å². The Bertz CT molecular complexity index is 415. The number of rotatable bonds is 4. The van der Waals surface area contributed by atoms with E-state index in [0.717, 1.165) is 0 Å². The highest BCUT2D eigenvalue weighted by molar-refractivity contribution is 6.31. The van der Waals surface area contributed by atoms with Crippen LogP contribution in [0.1, 0.15) is 11.1 Å². The topological polar surface area (TPSA) is 55.8 Å². The van der Waals surface area contributed by atoms with Gasteiger partial charge in [0.15, 0.2) is 11.5 Å². The molecule has 0 radical (unpaired) electrons. The molecule has 5 heteroatoms. The summed E-state index contributed by atoms with van der Waals surface area (Å²) >= 11 is 5.98. The van der Waals surface area contributed by atoms with E-state index in [9.17, 15) is 4.79 Å². The van der Waals surface area contributed by atoms with E-state index in [1.165, 1.54) is 14.2 Å². The van der Waals surface area contributed by atoms with Gasteiger partial charge in [0.05, 0.1) is 20.6 Å². The Morgan fingerprint density at radius 3 is 2.50 bits per heavy atom. The average molecular weight is 245 g/mol. The fourth-order valence-electron chi connectivity index (χ4n) is 1.49. The van der Waals surface area contributed by atoms with Crippen molar-refractivity contribution in [2.45, 2.75) is 13.3 Å². The molecule has 1 N–H and O–H groups in total. The Hall–Kier alpha value is -1.42. The Kier molecular flexibility index (Phi) is 4.01. The number of hydrogen-bond acceptors (Lipinski definition) is 3. The molecular weight excluding hydrogens is 232 g/mol. The molecule has 0 spiro atoms. The first-order chi connectivity index (χ1) is 7.51. The van der Waals surface area contributed by atoms with Gasteiger partial charge in [-0.3, -0.25) is 4.79 Å². The van der Waals surface area contributed by atoms with Crippen molar-refractivity contribution in [2.24, 2.45) is 0 Å². The maximum Gasteiger partial charge on any atom is 0.307 e. The third-order valence-corrected chi connectivity index (χ3v) is 2.71. The van der Waals surface area contributed by atoms with E-state index in [0.29, 0.717) is 27.6 Å². The van der Waals surface area contributed by atoms with Crippen molar-refractivity contribution in [2.75, 3.05) is 14.2 Å². The van der Waals surface area contributed by atoms with E-state index >= 15 is 0 Å². The normalized spacial score (nSPS) is 10.0. The summed E-state index contributed by atoms with van der Waals surface area (Å²) in [4.78, 5) is 10.8. The first-order valence-corrected chi connectivity index (χ1v) is 5.00. The van der Waals surface area contributed by atoms with Crippen LogP contribution in [0.25, 0.3) is 0 Å². The number of carboxylic acid groups (broad SMARTS) is 1. The molecule has 88 valence electrons. The minimum absolute atomic E-state index is 0.147. The molecule has 1 rings (SSSR count). The van der Waals surface area contributed by atoms with Crippen LogP contribution in [0.5, 0.6) is 11.5 Å². The van der Waals surface area contributed by atoms with Crippen LogP contribution < -0.4 is 9.47 Å². The van der Waals surface area contributed by atoms with Crippen molar-refractivity contribution in [1.29, 1.82) is 0 Å². The minimum Gasteiger partial charge on any atom is -0.493 e. The molecule has 0 aliphatic rings. The maximum atomic E-state index is 10.8. The SMILES string of the molecule is COc1cc(Cl)c(C)c(CC(=O)O)c1OC. The smallest absolute Gasteiger partial charge is 0.307 e. The first kappa shape index (κ1) is 12.6. The second kappa shape index (κ2) is 5.07. The van der Waals surface area contributed by atoms with Crippen molar-refractivity contribution >= 4 is 17.6 Å². The van der Waals surface area contributed by atoms with Crippen LogP contribution in [0.15, 0.2) is 6.07 Å². The van der Waals surface area contributed by atoms with Gasteiger partial charge >= 0.3 is 5.97 Å². The molecule has 0 bridgehead atoms. The number of methoxy groups -OCH3 is 2. The van der Waals surface area contributed by atoms with Crippen molar-refractivity contribution in [3.8, 4) is 11.5 Å². The number of aliphatic carboxylic acids is 1. The highest BCUT2D eigenvalue weighted by Crippen LogP contribution is 2.37. The maximum absolute atomic E-state index is 10.8. The quantitative estimate of drug-likeness (QED) is 0.883. The lowest BCUT2D eigenvalue weighted by molar-refractivity contribution is -0.136. The van der Waals surface area contributed by atoms with Crippen molar-refractivity contribution in [1.82, 2.24) is 0 Å². The molecule has 4 nitrogen and oxygen atoms in total. The third-order valence-electron chi connectivity index (χ3n) is 2.32. The van der Waals surface area contributed by atoms with Gasteiger partial charge in [0.2, 0.25) is 0 Å². The molecule has 0 amide bonds. The van der Waals surface area contributed by atoms with Gasteiger partial charge in [0, 0.05) is 16.7 Å². The molecule has 0 saturated carbocycles. The summed E-state index contributed by atoms with van der Waals surface area (Å²) in [6.07, 6.45) is -0.147. The van der Waals surface area contributed by atoms with Crippen LogP contribution in [0.4, 0.5) is 0 Å². The van der Waals surface area contributed by atoms with Gasteiger partial charge in [-0.2, -0.15) is 0 Å². The Morgan fingerprint density at radius 1 is 1.44 bits per heavy atom. The zero-order valence-electron chi connectivity index (χ0n) is 9.33. The fraction of sp³-hybridized carbons (Fsp3) is 0.364. The Balaban J connectivity index is 3.40. The number of ether oxygens (including phenoxy) is 2. The lowest BCUT2D eigenvalue weighted by Gasteiger charge is -2.15. The zero-order valence-corrected chi connectivity index (χ0v) is 10.1. The van der Waals surface area contributed by atoms with Gasteiger partial charge in [-0.05, 0) is 12.5 Å². The molecule has 0 fully saturated rings. The minimum atomic E-state index is -0.939. The summed E-state index contributed by atoms with van der Waals surface area (Å²) in [6, 6.07) is 1.61. The van der Waals surface area contributed by atoms with Crippen LogP contribution in [-0.2, 0) is 11.2 Å². The molecule has 1 aromatic rings. The number of carboxylic acids is 1. The third kappa shape index (κ3) is 2.39. The van der Waals surface area contributed by atoms with E-state index in [4.69, 9.17) is 26.2 Å². The van der Waals surface area contributed by atoms with E-state index < -0.39 is 5.97 Å². The van der Waals surface area contributed by atoms with Crippen LogP contribution >= 0.6 is 11.6 Å². The highest BCUT2D eigenvalue weighted by Gasteiger charge is 2.18. The predicted octanol–water partition coefficient (Wildman–Crippen LogP) is 2.29. The van der Waals surface area contributed by atoms with Gasteiger partial charge in [-0.15, -0.1) is 0 Å². The number of benzene rings is 1. The summed E-state index contributed by atoms with van der Waals surface area (Å²) in [6.45, 7) is 1.75. The first-order valence-electron chi connectivity index (χ1n) is 4.63. The van der Waals surface area contributed by atoms with Gasteiger partial charge in [0.1, 0.15) is 0 Å².